The van der Waals surface area contributed by atoms with Crippen LogP contribution in [-0.2, 0) is 0 Å². The molecule has 0 unspecified atom stereocenters. The fraction of sp³-hybridized carbons (Fsp3) is 0.200. The Morgan fingerprint density at radius 1 is 1.18 bits per heavy atom. The van der Waals surface area contributed by atoms with Crippen LogP contribution in [0.2, 0.25) is 0 Å². The summed E-state index contributed by atoms with van der Waals surface area (Å²) in [5.74, 6) is 7.90. The van der Waals surface area contributed by atoms with Crippen molar-refractivity contribution in [2.24, 2.45) is 0 Å². The molecule has 0 heterocycles. The van der Waals surface area contributed by atoms with Crippen LogP contribution in [0.15, 0.2) is 36.4 Å². The number of ether oxygens (including phenoxy) is 1. The Labute approximate surface area is 107 Å². The minimum Gasteiger partial charge on any atom is -0.495 e. The van der Waals surface area contributed by atoms with Crippen molar-refractivity contribution in [1.82, 2.24) is 0 Å². The molecular formula is C15H14OS. The summed E-state index contributed by atoms with van der Waals surface area (Å²) in [7, 11) is 1.67. The second-order valence-corrected chi connectivity index (χ2v) is 4.09. The van der Waals surface area contributed by atoms with Crippen molar-refractivity contribution in [2.45, 2.75) is 6.42 Å². The van der Waals surface area contributed by atoms with E-state index in [0.717, 1.165) is 28.9 Å². The van der Waals surface area contributed by atoms with E-state index in [1.54, 1.807) is 7.11 Å². The first kappa shape index (κ1) is 11.9. The van der Waals surface area contributed by atoms with Gasteiger partial charge in [0.1, 0.15) is 5.75 Å². The highest BCUT2D eigenvalue weighted by Gasteiger charge is 2.04. The van der Waals surface area contributed by atoms with Crippen LogP contribution in [0.1, 0.15) is 12.0 Å². The minimum absolute atomic E-state index is 0.778. The van der Waals surface area contributed by atoms with E-state index in [0.29, 0.717) is 0 Å². The molecule has 0 atom stereocenters. The van der Waals surface area contributed by atoms with Gasteiger partial charge in [0, 0.05) is 17.6 Å². The Kier molecular flexibility index (Phi) is 3.95. The third-order valence-corrected chi connectivity index (χ3v) is 2.78. The van der Waals surface area contributed by atoms with Crippen molar-refractivity contribution in [3.8, 4) is 17.6 Å². The van der Waals surface area contributed by atoms with Gasteiger partial charge in [0.05, 0.1) is 12.7 Å². The molecule has 0 spiro atoms. The van der Waals surface area contributed by atoms with Crippen LogP contribution in [0.5, 0.6) is 5.75 Å². The molecule has 0 radical (unpaired) electrons. The highest BCUT2D eigenvalue weighted by molar-refractivity contribution is 7.80. The zero-order valence-corrected chi connectivity index (χ0v) is 10.6. The summed E-state index contributed by atoms with van der Waals surface area (Å²) in [5.41, 5.74) is 0.965. The minimum atomic E-state index is 0.778. The van der Waals surface area contributed by atoms with E-state index in [4.69, 9.17) is 4.74 Å². The van der Waals surface area contributed by atoms with Crippen molar-refractivity contribution in [3.05, 3.63) is 42.0 Å². The van der Waals surface area contributed by atoms with E-state index in [2.05, 4.69) is 42.7 Å². The van der Waals surface area contributed by atoms with Crippen LogP contribution < -0.4 is 4.74 Å². The molecule has 2 rings (SSSR count). The van der Waals surface area contributed by atoms with Gasteiger partial charge < -0.3 is 4.74 Å². The summed E-state index contributed by atoms with van der Waals surface area (Å²) < 4.78 is 5.36. The molecule has 0 fully saturated rings. The molecule has 0 aliphatic heterocycles. The van der Waals surface area contributed by atoms with Crippen LogP contribution in [0.4, 0.5) is 0 Å². The Balaban J connectivity index is 2.60. The molecule has 0 N–H and O–H groups in total. The standard InChI is InChI=1S/C15H14OS/c1-16-15-10-9-12-6-2-3-7-13(12)14(15)8-4-5-11-17/h2-3,6-7,9-10,17H,5,11H2,1H3. The molecule has 2 aromatic carbocycles. The molecule has 2 aromatic rings. The zero-order chi connectivity index (χ0) is 12.1. The van der Waals surface area contributed by atoms with Gasteiger partial charge in [0.15, 0.2) is 0 Å². The van der Waals surface area contributed by atoms with Gasteiger partial charge in [-0.05, 0) is 11.5 Å². The Morgan fingerprint density at radius 3 is 2.76 bits per heavy atom. The maximum atomic E-state index is 5.36. The van der Waals surface area contributed by atoms with E-state index in [1.807, 2.05) is 18.2 Å². The molecule has 0 saturated heterocycles. The summed E-state index contributed by atoms with van der Waals surface area (Å²) in [6, 6.07) is 12.2. The number of hydrogen-bond donors (Lipinski definition) is 1. The molecule has 0 aliphatic rings. The van der Waals surface area contributed by atoms with Crippen LogP contribution in [0.3, 0.4) is 0 Å². The summed E-state index contributed by atoms with van der Waals surface area (Å²) in [5, 5.41) is 2.32. The van der Waals surface area contributed by atoms with Crippen molar-refractivity contribution >= 4 is 23.4 Å². The third-order valence-electron chi connectivity index (χ3n) is 2.56. The first-order valence-electron chi connectivity index (χ1n) is 5.52. The van der Waals surface area contributed by atoms with Crippen LogP contribution in [0, 0.1) is 11.8 Å². The number of methoxy groups -OCH3 is 1. The van der Waals surface area contributed by atoms with Crippen LogP contribution in [-0.4, -0.2) is 12.9 Å². The Hall–Kier alpha value is -1.59. The lowest BCUT2D eigenvalue weighted by molar-refractivity contribution is 0.414. The SMILES string of the molecule is COc1ccc2ccccc2c1C#CCCS. The van der Waals surface area contributed by atoms with Gasteiger partial charge in [-0.15, -0.1) is 0 Å². The summed E-state index contributed by atoms with van der Waals surface area (Å²) >= 11 is 4.16. The third kappa shape index (κ3) is 2.57. The highest BCUT2D eigenvalue weighted by Crippen LogP contribution is 2.26. The van der Waals surface area contributed by atoms with E-state index in [9.17, 15) is 0 Å². The van der Waals surface area contributed by atoms with E-state index >= 15 is 0 Å². The van der Waals surface area contributed by atoms with Crippen molar-refractivity contribution < 1.29 is 4.74 Å². The van der Waals surface area contributed by atoms with E-state index < -0.39 is 0 Å². The number of hydrogen-bond acceptors (Lipinski definition) is 2. The Morgan fingerprint density at radius 2 is 2.00 bits per heavy atom. The largest absolute Gasteiger partial charge is 0.495 e. The van der Waals surface area contributed by atoms with Crippen molar-refractivity contribution in [1.29, 1.82) is 0 Å². The molecule has 0 bridgehead atoms. The van der Waals surface area contributed by atoms with Crippen LogP contribution >= 0.6 is 12.6 Å². The summed E-state index contributed by atoms with van der Waals surface area (Å²) in [6.07, 6.45) is 0.787. The topological polar surface area (TPSA) is 9.23 Å². The highest BCUT2D eigenvalue weighted by atomic mass is 32.1. The fourth-order valence-electron chi connectivity index (χ4n) is 1.76. The second-order valence-electron chi connectivity index (χ2n) is 3.64. The lowest BCUT2D eigenvalue weighted by Crippen LogP contribution is -1.89. The maximum absolute atomic E-state index is 5.36. The molecule has 2 heteroatoms. The van der Waals surface area contributed by atoms with Gasteiger partial charge in [0.25, 0.3) is 0 Å². The summed E-state index contributed by atoms with van der Waals surface area (Å²) in [4.78, 5) is 0. The molecule has 0 saturated carbocycles. The van der Waals surface area contributed by atoms with Crippen molar-refractivity contribution in [2.75, 3.05) is 12.9 Å². The quantitative estimate of drug-likeness (QED) is 0.626. The predicted molar refractivity (Wildman–Crippen MR) is 75.8 cm³/mol. The van der Waals surface area contributed by atoms with Gasteiger partial charge in [-0.2, -0.15) is 12.6 Å². The van der Waals surface area contributed by atoms with Crippen molar-refractivity contribution in [3.63, 3.8) is 0 Å². The average molecular weight is 242 g/mol. The smallest absolute Gasteiger partial charge is 0.135 e. The first-order chi connectivity index (χ1) is 8.36. The maximum Gasteiger partial charge on any atom is 0.135 e. The normalized spacial score (nSPS) is 9.76. The van der Waals surface area contributed by atoms with Gasteiger partial charge in [-0.3, -0.25) is 0 Å². The number of thiol groups is 1. The fourth-order valence-corrected chi connectivity index (χ4v) is 1.87. The summed E-state index contributed by atoms with van der Waals surface area (Å²) in [6.45, 7) is 0. The molecular weight excluding hydrogens is 228 g/mol. The zero-order valence-electron chi connectivity index (χ0n) is 9.73. The van der Waals surface area contributed by atoms with Gasteiger partial charge >= 0.3 is 0 Å². The van der Waals surface area contributed by atoms with Gasteiger partial charge in [-0.1, -0.05) is 42.2 Å². The average Bonchev–Trinajstić information content (AvgIpc) is 2.39. The second kappa shape index (κ2) is 5.65. The molecule has 86 valence electrons. The molecule has 1 nitrogen and oxygen atoms in total. The van der Waals surface area contributed by atoms with Gasteiger partial charge in [-0.25, -0.2) is 0 Å². The molecule has 0 aromatic heterocycles. The molecule has 17 heavy (non-hydrogen) atoms. The lowest BCUT2D eigenvalue weighted by Gasteiger charge is -2.06. The number of rotatable bonds is 2. The molecule has 0 amide bonds. The monoisotopic (exact) mass is 242 g/mol. The Bertz CT molecular complexity index is 578. The van der Waals surface area contributed by atoms with E-state index in [-0.39, 0.29) is 0 Å². The number of fused-ring (bicyclic) bond motifs is 1. The number of benzene rings is 2. The lowest BCUT2D eigenvalue weighted by atomic mass is 10.0. The molecule has 0 aliphatic carbocycles. The van der Waals surface area contributed by atoms with Gasteiger partial charge in [0.2, 0.25) is 0 Å². The predicted octanol–water partition coefficient (Wildman–Crippen LogP) is 3.52. The first-order valence-corrected chi connectivity index (χ1v) is 6.15. The van der Waals surface area contributed by atoms with Crippen LogP contribution in [0.25, 0.3) is 10.8 Å². The van der Waals surface area contributed by atoms with E-state index in [1.165, 1.54) is 5.39 Å².